The van der Waals surface area contributed by atoms with Crippen molar-refractivity contribution in [2.75, 3.05) is 19.0 Å². The van der Waals surface area contributed by atoms with Crippen LogP contribution in [-0.4, -0.2) is 38.8 Å². The normalized spacial score (nSPS) is 14.5. The highest BCUT2D eigenvalue weighted by Crippen LogP contribution is 2.32. The monoisotopic (exact) mass is 327 g/mol. The van der Waals surface area contributed by atoms with Crippen LogP contribution in [0.4, 0.5) is 0 Å². The number of carbonyl (C=O) groups is 1. The van der Waals surface area contributed by atoms with Gasteiger partial charge in [-0.05, 0) is 32.9 Å². The van der Waals surface area contributed by atoms with Gasteiger partial charge in [0.1, 0.15) is 13.2 Å². The zero-order valence-electron chi connectivity index (χ0n) is 13.0. The Labute approximate surface area is 130 Å². The van der Waals surface area contributed by atoms with Gasteiger partial charge in [0.2, 0.25) is 5.91 Å². The summed E-state index contributed by atoms with van der Waals surface area (Å²) in [6, 6.07) is 4.51. The molecule has 2 rings (SSSR count). The molecule has 0 bridgehead atoms. The van der Waals surface area contributed by atoms with E-state index in [0.717, 1.165) is 0 Å². The molecule has 1 heterocycles. The van der Waals surface area contributed by atoms with Gasteiger partial charge in [0.25, 0.3) is 0 Å². The third-order valence-corrected chi connectivity index (χ3v) is 4.70. The van der Waals surface area contributed by atoms with E-state index in [0.29, 0.717) is 24.7 Å². The zero-order chi connectivity index (χ0) is 16.4. The van der Waals surface area contributed by atoms with Crippen molar-refractivity contribution in [3.63, 3.8) is 0 Å². The third-order valence-electron chi connectivity index (χ3n) is 2.99. The van der Waals surface area contributed by atoms with Crippen molar-refractivity contribution in [2.24, 2.45) is 0 Å². The van der Waals surface area contributed by atoms with Crippen molar-refractivity contribution >= 4 is 15.7 Å². The first-order chi connectivity index (χ1) is 10.2. The van der Waals surface area contributed by atoms with Gasteiger partial charge in [-0.3, -0.25) is 4.79 Å². The summed E-state index contributed by atoms with van der Waals surface area (Å²) in [5.41, 5.74) is -0.377. The van der Waals surface area contributed by atoms with Crippen LogP contribution < -0.4 is 14.8 Å². The average molecular weight is 327 g/mol. The van der Waals surface area contributed by atoms with E-state index in [-0.39, 0.29) is 28.5 Å². The van der Waals surface area contributed by atoms with Gasteiger partial charge in [0, 0.05) is 18.0 Å². The second kappa shape index (κ2) is 6.16. The number of amides is 1. The van der Waals surface area contributed by atoms with Crippen molar-refractivity contribution in [3.05, 3.63) is 18.2 Å². The van der Waals surface area contributed by atoms with Gasteiger partial charge in [-0.25, -0.2) is 8.42 Å². The van der Waals surface area contributed by atoms with E-state index in [2.05, 4.69) is 5.32 Å². The van der Waals surface area contributed by atoms with Crippen molar-refractivity contribution in [2.45, 2.75) is 37.6 Å². The van der Waals surface area contributed by atoms with Crippen LogP contribution in [0.3, 0.4) is 0 Å². The van der Waals surface area contributed by atoms with Crippen LogP contribution in [0.25, 0.3) is 0 Å². The minimum absolute atomic E-state index is 0.0754. The molecule has 0 saturated carbocycles. The predicted molar refractivity (Wildman–Crippen MR) is 82.0 cm³/mol. The van der Waals surface area contributed by atoms with E-state index in [1.165, 1.54) is 12.1 Å². The van der Waals surface area contributed by atoms with Crippen LogP contribution in [0.2, 0.25) is 0 Å². The smallest absolute Gasteiger partial charge is 0.221 e. The van der Waals surface area contributed by atoms with Crippen molar-refractivity contribution in [3.8, 4) is 11.5 Å². The Hall–Kier alpha value is -1.76. The molecule has 0 fully saturated rings. The Bertz CT molecular complexity index is 661. The summed E-state index contributed by atoms with van der Waals surface area (Å²) in [7, 11) is -3.54. The highest BCUT2D eigenvalue weighted by Gasteiger charge is 2.21. The van der Waals surface area contributed by atoms with Crippen LogP contribution in [0, 0.1) is 0 Å². The molecule has 0 aliphatic carbocycles. The molecular weight excluding hydrogens is 306 g/mol. The van der Waals surface area contributed by atoms with Gasteiger partial charge in [0.05, 0.1) is 10.6 Å². The lowest BCUT2D eigenvalue weighted by Gasteiger charge is -2.20. The molecule has 0 spiro atoms. The van der Waals surface area contributed by atoms with E-state index in [9.17, 15) is 13.2 Å². The fourth-order valence-corrected chi connectivity index (χ4v) is 3.29. The maximum atomic E-state index is 12.3. The van der Waals surface area contributed by atoms with Crippen LogP contribution in [0.1, 0.15) is 27.2 Å². The molecule has 0 aromatic heterocycles. The molecule has 6 nitrogen and oxygen atoms in total. The highest BCUT2D eigenvalue weighted by molar-refractivity contribution is 7.91. The minimum atomic E-state index is -3.54. The maximum Gasteiger partial charge on any atom is 0.221 e. The molecule has 0 unspecified atom stereocenters. The van der Waals surface area contributed by atoms with Gasteiger partial charge in [-0.15, -0.1) is 0 Å². The average Bonchev–Trinajstić information content (AvgIpc) is 2.43. The van der Waals surface area contributed by atoms with Gasteiger partial charge in [0.15, 0.2) is 21.3 Å². The van der Waals surface area contributed by atoms with E-state index in [4.69, 9.17) is 9.47 Å². The number of nitrogens with one attached hydrogen (secondary N) is 1. The lowest BCUT2D eigenvalue weighted by atomic mass is 10.1. The van der Waals surface area contributed by atoms with Crippen molar-refractivity contribution in [1.29, 1.82) is 0 Å². The molecule has 1 aliphatic rings. The largest absolute Gasteiger partial charge is 0.486 e. The second-order valence-electron chi connectivity index (χ2n) is 6.17. The summed E-state index contributed by atoms with van der Waals surface area (Å²) in [6.45, 7) is 6.39. The Balaban J connectivity index is 2.06. The summed E-state index contributed by atoms with van der Waals surface area (Å²) in [5.74, 6) is 0.435. The molecule has 22 heavy (non-hydrogen) atoms. The fraction of sp³-hybridized carbons (Fsp3) is 0.533. The van der Waals surface area contributed by atoms with Gasteiger partial charge in [-0.1, -0.05) is 0 Å². The molecule has 0 saturated heterocycles. The Morgan fingerprint density at radius 1 is 1.18 bits per heavy atom. The predicted octanol–water partition coefficient (Wildman–Crippen LogP) is 1.54. The number of hydrogen-bond acceptors (Lipinski definition) is 5. The molecule has 1 amide bonds. The molecule has 1 N–H and O–H groups in total. The number of carbonyl (C=O) groups excluding carboxylic acids is 1. The SMILES string of the molecule is CC(C)(C)NC(=O)CCS(=O)(=O)c1ccc2c(c1)OCCO2. The Kier molecular flexibility index (Phi) is 4.65. The first-order valence-electron chi connectivity index (χ1n) is 7.11. The molecule has 1 aromatic rings. The summed E-state index contributed by atoms with van der Waals surface area (Å²) < 4.78 is 35.4. The molecular formula is C15H21NO5S. The van der Waals surface area contributed by atoms with Crippen LogP contribution in [0.5, 0.6) is 11.5 Å². The first kappa shape index (κ1) is 16.6. The maximum absolute atomic E-state index is 12.3. The molecule has 0 radical (unpaired) electrons. The topological polar surface area (TPSA) is 81.7 Å². The van der Waals surface area contributed by atoms with Gasteiger partial charge < -0.3 is 14.8 Å². The number of hydrogen-bond donors (Lipinski definition) is 1. The fourth-order valence-electron chi connectivity index (χ4n) is 2.04. The number of fused-ring (bicyclic) bond motifs is 1. The van der Waals surface area contributed by atoms with Crippen LogP contribution in [0.15, 0.2) is 23.1 Å². The molecule has 1 aromatic carbocycles. The number of rotatable bonds is 4. The minimum Gasteiger partial charge on any atom is -0.486 e. The highest BCUT2D eigenvalue weighted by atomic mass is 32.2. The lowest BCUT2D eigenvalue weighted by Crippen LogP contribution is -2.41. The van der Waals surface area contributed by atoms with Gasteiger partial charge >= 0.3 is 0 Å². The number of benzene rings is 1. The third kappa shape index (κ3) is 4.37. The Morgan fingerprint density at radius 3 is 2.45 bits per heavy atom. The zero-order valence-corrected chi connectivity index (χ0v) is 13.8. The van der Waals surface area contributed by atoms with Crippen molar-refractivity contribution in [1.82, 2.24) is 5.32 Å². The van der Waals surface area contributed by atoms with Crippen molar-refractivity contribution < 1.29 is 22.7 Å². The van der Waals surface area contributed by atoms with Crippen LogP contribution in [-0.2, 0) is 14.6 Å². The summed E-state index contributed by atoms with van der Waals surface area (Å²) in [6.07, 6.45) is -0.0754. The second-order valence-corrected chi connectivity index (χ2v) is 8.28. The number of sulfone groups is 1. The summed E-state index contributed by atoms with van der Waals surface area (Å²) >= 11 is 0. The first-order valence-corrected chi connectivity index (χ1v) is 8.76. The molecule has 7 heteroatoms. The van der Waals surface area contributed by atoms with Crippen LogP contribution >= 0.6 is 0 Å². The summed E-state index contributed by atoms with van der Waals surface area (Å²) in [5, 5.41) is 2.75. The van der Waals surface area contributed by atoms with E-state index >= 15 is 0 Å². The van der Waals surface area contributed by atoms with E-state index in [1.54, 1.807) is 6.07 Å². The molecule has 122 valence electrons. The summed E-state index contributed by atoms with van der Waals surface area (Å²) in [4.78, 5) is 11.9. The van der Waals surface area contributed by atoms with Gasteiger partial charge in [-0.2, -0.15) is 0 Å². The Morgan fingerprint density at radius 2 is 1.82 bits per heavy atom. The van der Waals surface area contributed by atoms with E-state index in [1.807, 2.05) is 20.8 Å². The quantitative estimate of drug-likeness (QED) is 0.907. The molecule has 1 aliphatic heterocycles. The lowest BCUT2D eigenvalue weighted by molar-refractivity contribution is -0.122. The standard InChI is InChI=1S/C15H21NO5S/c1-15(2,3)16-14(17)6-9-22(18,19)11-4-5-12-13(10-11)21-8-7-20-12/h4-5,10H,6-9H2,1-3H3,(H,16,17). The number of ether oxygens (including phenoxy) is 2. The molecule has 0 atom stereocenters. The van der Waals surface area contributed by atoms with E-state index < -0.39 is 9.84 Å².